The molecule has 2 aliphatic heterocycles. The van der Waals surface area contributed by atoms with E-state index in [2.05, 4.69) is 26.8 Å². The molecular weight excluding hydrogens is 547 g/mol. The number of hydrogen-bond acceptors (Lipinski definition) is 8. The number of aliphatic imine (C=N–C) groups is 1. The van der Waals surface area contributed by atoms with Crippen molar-refractivity contribution in [2.24, 2.45) is 10.7 Å². The highest BCUT2D eigenvalue weighted by Gasteiger charge is 2.45. The van der Waals surface area contributed by atoms with Crippen LogP contribution in [0.1, 0.15) is 42.7 Å². The lowest BCUT2D eigenvalue weighted by molar-refractivity contribution is 0.100. The van der Waals surface area contributed by atoms with E-state index in [1.165, 1.54) is 56.7 Å². The molecule has 2 fully saturated rings. The Morgan fingerprint density at radius 3 is 2.41 bits per heavy atom. The van der Waals surface area contributed by atoms with E-state index in [1.807, 2.05) is 4.90 Å². The third-order valence-electron chi connectivity index (χ3n) is 7.36. The van der Waals surface area contributed by atoms with Gasteiger partial charge < -0.3 is 15.4 Å². The molecule has 0 spiro atoms. The summed E-state index contributed by atoms with van der Waals surface area (Å²) in [7, 11) is 1.47. The molecule has 3 aromatic rings. The first-order chi connectivity index (χ1) is 18.6. The third kappa shape index (κ3) is 5.14. The van der Waals surface area contributed by atoms with Gasteiger partial charge in [-0.1, -0.05) is 23.2 Å². The molecule has 206 valence electrons. The summed E-state index contributed by atoms with van der Waals surface area (Å²) in [6.07, 6.45) is 5.38. The van der Waals surface area contributed by atoms with Gasteiger partial charge in [0.2, 0.25) is 0 Å². The zero-order valence-corrected chi connectivity index (χ0v) is 23.1. The van der Waals surface area contributed by atoms with Gasteiger partial charge in [-0.25, -0.2) is 13.8 Å². The molecule has 4 heterocycles. The van der Waals surface area contributed by atoms with Crippen LogP contribution in [0.15, 0.2) is 41.8 Å². The number of rotatable bonds is 7. The largest absolute Gasteiger partial charge is 0.468 e. The summed E-state index contributed by atoms with van der Waals surface area (Å²) in [6.45, 7) is 5.72. The molecule has 0 amide bonds. The maximum Gasteiger partial charge on any atom is 0.177 e. The van der Waals surface area contributed by atoms with Crippen molar-refractivity contribution in [3.63, 3.8) is 0 Å². The highest BCUT2D eigenvalue weighted by atomic mass is 35.5. The molecule has 0 unspecified atom stereocenters. The summed E-state index contributed by atoms with van der Waals surface area (Å²) in [5.74, 6) is -1.29. The van der Waals surface area contributed by atoms with Crippen LogP contribution in [0.3, 0.4) is 0 Å². The second kappa shape index (κ2) is 10.8. The molecule has 1 aromatic carbocycles. The molecule has 2 aliphatic rings. The molecule has 39 heavy (non-hydrogen) atoms. The lowest BCUT2D eigenvalue weighted by Crippen LogP contribution is -2.68. The van der Waals surface area contributed by atoms with E-state index in [0.717, 1.165) is 13.1 Å². The van der Waals surface area contributed by atoms with Gasteiger partial charge in [0, 0.05) is 55.5 Å². The summed E-state index contributed by atoms with van der Waals surface area (Å²) < 4.78 is 36.8. The molecule has 0 bridgehead atoms. The first-order valence-corrected chi connectivity index (χ1v) is 13.3. The van der Waals surface area contributed by atoms with Gasteiger partial charge in [-0.15, -0.1) is 0 Å². The molecular formula is C27H29Cl2F2N7O. The fraction of sp³-hybridized carbons (Fsp3) is 0.370. The SMILES string of the molecule is CN=C(c1cnc(N2CC(C)(N3CCCC3)C2)c(F)c1)c1c(N)ccc(O[C@H](N)c2c(Cl)cncc2Cl)c1F. The molecule has 0 radical (unpaired) electrons. The Bertz CT molecular complexity index is 1410. The highest BCUT2D eigenvalue weighted by Crippen LogP contribution is 2.36. The Balaban J connectivity index is 1.39. The minimum absolute atomic E-state index is 0.0168. The fourth-order valence-electron chi connectivity index (χ4n) is 5.35. The van der Waals surface area contributed by atoms with Crippen LogP contribution < -0.4 is 21.1 Å². The van der Waals surface area contributed by atoms with Crippen LogP contribution in [0, 0.1) is 11.6 Å². The molecule has 8 nitrogen and oxygen atoms in total. The second-order valence-corrected chi connectivity index (χ2v) is 10.9. The van der Waals surface area contributed by atoms with E-state index in [9.17, 15) is 0 Å². The van der Waals surface area contributed by atoms with Crippen LogP contribution >= 0.6 is 23.2 Å². The van der Waals surface area contributed by atoms with Crippen molar-refractivity contribution in [1.29, 1.82) is 0 Å². The summed E-state index contributed by atoms with van der Waals surface area (Å²) in [5, 5.41) is 0.345. The third-order valence-corrected chi connectivity index (χ3v) is 7.96. The maximum absolute atomic E-state index is 15.8. The zero-order valence-electron chi connectivity index (χ0n) is 21.6. The predicted molar refractivity (Wildman–Crippen MR) is 150 cm³/mol. The van der Waals surface area contributed by atoms with E-state index in [0.29, 0.717) is 13.1 Å². The van der Waals surface area contributed by atoms with Crippen molar-refractivity contribution >= 4 is 40.4 Å². The average molecular weight is 576 g/mol. The predicted octanol–water partition coefficient (Wildman–Crippen LogP) is 4.82. The Morgan fingerprint density at radius 2 is 1.79 bits per heavy atom. The number of anilines is 2. The molecule has 0 saturated carbocycles. The lowest BCUT2D eigenvalue weighted by atomic mass is 9.90. The van der Waals surface area contributed by atoms with Crippen LogP contribution in [-0.4, -0.2) is 59.3 Å². The monoisotopic (exact) mass is 575 g/mol. The normalized spacial score (nSPS) is 18.2. The fourth-order valence-corrected chi connectivity index (χ4v) is 5.93. The number of likely N-dealkylation sites (tertiary alicyclic amines) is 1. The lowest BCUT2D eigenvalue weighted by Gasteiger charge is -2.53. The van der Waals surface area contributed by atoms with Crippen molar-refractivity contribution in [2.45, 2.75) is 31.5 Å². The van der Waals surface area contributed by atoms with Gasteiger partial charge in [-0.05, 0) is 51.1 Å². The average Bonchev–Trinajstić information content (AvgIpc) is 3.42. The summed E-state index contributed by atoms with van der Waals surface area (Å²) >= 11 is 12.3. The van der Waals surface area contributed by atoms with Crippen molar-refractivity contribution in [1.82, 2.24) is 14.9 Å². The van der Waals surface area contributed by atoms with Crippen LogP contribution in [0.25, 0.3) is 0 Å². The van der Waals surface area contributed by atoms with Gasteiger partial charge >= 0.3 is 0 Å². The van der Waals surface area contributed by atoms with Gasteiger partial charge in [0.15, 0.2) is 29.4 Å². The molecule has 4 N–H and O–H groups in total. The minimum Gasteiger partial charge on any atom is -0.468 e. The summed E-state index contributed by atoms with van der Waals surface area (Å²) in [5.41, 5.74) is 13.0. The van der Waals surface area contributed by atoms with Crippen molar-refractivity contribution < 1.29 is 13.5 Å². The van der Waals surface area contributed by atoms with Crippen LogP contribution in [0.5, 0.6) is 5.75 Å². The van der Waals surface area contributed by atoms with Gasteiger partial charge in [0.1, 0.15) is 0 Å². The van der Waals surface area contributed by atoms with Gasteiger partial charge in [-0.2, -0.15) is 0 Å². The number of nitrogens with zero attached hydrogens (tertiary/aromatic N) is 5. The van der Waals surface area contributed by atoms with Gasteiger partial charge in [0.05, 0.1) is 26.9 Å². The van der Waals surface area contributed by atoms with E-state index in [1.54, 1.807) is 0 Å². The van der Waals surface area contributed by atoms with Gasteiger partial charge in [0.25, 0.3) is 0 Å². The number of hydrogen-bond donors (Lipinski definition) is 2. The number of ether oxygens (including phenoxy) is 1. The maximum atomic E-state index is 15.8. The Kier molecular flexibility index (Phi) is 7.65. The topological polar surface area (TPSA) is 106 Å². The minimum atomic E-state index is -1.19. The molecule has 12 heteroatoms. The number of aromatic nitrogens is 2. The smallest absolute Gasteiger partial charge is 0.177 e. The van der Waals surface area contributed by atoms with Crippen LogP contribution in [0.4, 0.5) is 20.3 Å². The standard InChI is InChI=1S/C27H29Cl2F2N7O/c1-27(38-7-3-4-8-38)13-37(14-27)26-18(30)9-15(10-36-26)24(34-2)22-19(32)5-6-20(23(22)31)39-25(33)21-16(28)11-35-12-17(21)29/h5-6,9-12,25H,3-4,7-8,13-14,32-33H2,1-2H3/t25-/m0/s1. The Morgan fingerprint density at radius 1 is 1.13 bits per heavy atom. The number of nitrogen functional groups attached to an aromatic ring is 1. The molecule has 5 rings (SSSR count). The van der Waals surface area contributed by atoms with Crippen molar-refractivity contribution in [3.05, 3.63) is 75.2 Å². The van der Waals surface area contributed by atoms with E-state index in [4.69, 9.17) is 39.4 Å². The number of halogens is 4. The first-order valence-electron chi connectivity index (χ1n) is 12.5. The van der Waals surface area contributed by atoms with Crippen LogP contribution in [-0.2, 0) is 0 Å². The molecule has 1 atom stereocenters. The molecule has 0 aliphatic carbocycles. The summed E-state index contributed by atoms with van der Waals surface area (Å²) in [6, 6.07) is 4.09. The molecule has 2 aromatic heterocycles. The number of pyridine rings is 2. The zero-order chi connectivity index (χ0) is 27.9. The van der Waals surface area contributed by atoms with Gasteiger partial charge in [-0.3, -0.25) is 20.6 Å². The first kappa shape index (κ1) is 27.5. The number of nitrogens with two attached hydrogens (primary N) is 2. The second-order valence-electron chi connectivity index (χ2n) is 10.0. The van der Waals surface area contributed by atoms with Crippen molar-refractivity contribution in [2.75, 3.05) is 43.9 Å². The Hall–Kier alpha value is -3.05. The van der Waals surface area contributed by atoms with Crippen LogP contribution in [0.2, 0.25) is 10.0 Å². The van der Waals surface area contributed by atoms with E-state index in [-0.39, 0.29) is 55.2 Å². The summed E-state index contributed by atoms with van der Waals surface area (Å²) in [4.78, 5) is 16.8. The molecule has 2 saturated heterocycles. The Labute approximate surface area is 235 Å². The number of benzene rings is 1. The highest BCUT2D eigenvalue weighted by molar-refractivity contribution is 6.35. The quantitative estimate of drug-likeness (QED) is 0.236. The van der Waals surface area contributed by atoms with E-state index >= 15 is 8.78 Å². The van der Waals surface area contributed by atoms with Crippen molar-refractivity contribution in [3.8, 4) is 5.75 Å². The van der Waals surface area contributed by atoms with E-state index < -0.39 is 17.9 Å².